The summed E-state index contributed by atoms with van der Waals surface area (Å²) in [5.41, 5.74) is 9.35. The van der Waals surface area contributed by atoms with Gasteiger partial charge in [0, 0.05) is 36.5 Å². The second kappa shape index (κ2) is 10.1. The molecule has 9 aromatic rings. The van der Waals surface area contributed by atoms with E-state index in [9.17, 15) is 0 Å². The maximum atomic E-state index is 4.78. The summed E-state index contributed by atoms with van der Waals surface area (Å²) in [4.78, 5) is 0. The van der Waals surface area contributed by atoms with Crippen LogP contribution in [0, 0.1) is 0 Å². The highest BCUT2D eigenvalue weighted by Crippen LogP contribution is 2.40. The molecule has 3 nitrogen and oxygen atoms in total. The monoisotopic (exact) mass is 609 g/mol. The van der Waals surface area contributed by atoms with Crippen LogP contribution in [0.15, 0.2) is 133 Å². The predicted molar refractivity (Wildman–Crippen MR) is 196 cm³/mol. The van der Waals surface area contributed by atoms with Gasteiger partial charge < -0.3 is 0 Å². The van der Waals surface area contributed by atoms with Gasteiger partial charge in [-0.05, 0) is 56.8 Å². The van der Waals surface area contributed by atoms with E-state index in [1.165, 1.54) is 58.8 Å². The summed E-state index contributed by atoms with van der Waals surface area (Å²) in [5.74, 6) is 0.847. The molecule has 0 unspecified atom stereocenters. The first kappa shape index (κ1) is 27.0. The molecule has 46 heavy (non-hydrogen) atoms. The molecule has 0 saturated carbocycles. The van der Waals surface area contributed by atoms with Crippen LogP contribution in [0.2, 0.25) is 0 Å². The fourth-order valence-corrected chi connectivity index (χ4v) is 8.09. The molecule has 3 heterocycles. The number of hydrogen-bond acceptors (Lipinski definition) is 3. The Labute approximate surface area is 271 Å². The van der Waals surface area contributed by atoms with Crippen LogP contribution in [0.5, 0.6) is 0 Å². The molecule has 3 aromatic heterocycles. The molecule has 0 aliphatic heterocycles. The minimum absolute atomic E-state index is 0.124. The lowest BCUT2D eigenvalue weighted by Gasteiger charge is -2.19. The van der Waals surface area contributed by atoms with Crippen LogP contribution in [0.3, 0.4) is 0 Å². The predicted octanol–water partition coefficient (Wildman–Crippen LogP) is 11.7. The van der Waals surface area contributed by atoms with Gasteiger partial charge in [-0.15, -0.1) is 21.5 Å². The van der Waals surface area contributed by atoms with E-state index in [4.69, 9.17) is 10.2 Å². The number of benzene rings is 6. The molecule has 0 aliphatic carbocycles. The van der Waals surface area contributed by atoms with Crippen molar-refractivity contribution in [1.82, 2.24) is 14.6 Å². The molecule has 0 spiro atoms. The van der Waals surface area contributed by atoms with Gasteiger partial charge >= 0.3 is 0 Å². The van der Waals surface area contributed by atoms with Crippen molar-refractivity contribution in [2.24, 2.45) is 0 Å². The first-order chi connectivity index (χ1) is 22.4. The smallest absolute Gasteiger partial charge is 0.169 e. The lowest BCUT2D eigenvalue weighted by molar-refractivity contribution is 0.590. The molecule has 0 atom stereocenters. The number of aromatic nitrogens is 3. The Balaban J connectivity index is 1.19. The number of hydrogen-bond donors (Lipinski definition) is 0. The zero-order valence-electron chi connectivity index (χ0n) is 26.0. The molecule has 0 radical (unpaired) electrons. The van der Waals surface area contributed by atoms with Crippen LogP contribution in [0.4, 0.5) is 0 Å². The van der Waals surface area contributed by atoms with E-state index < -0.39 is 0 Å². The molecule has 4 heteroatoms. The Morgan fingerprint density at radius 2 is 1.17 bits per heavy atom. The van der Waals surface area contributed by atoms with Crippen LogP contribution in [0.25, 0.3) is 81.1 Å². The first-order valence-corrected chi connectivity index (χ1v) is 16.6. The standard InChI is InChI=1S/C42H31N3S/c1-42(2,3)30-22-19-26(20-23-30)29-21-24-37-36(25-29)32-9-4-5-11-35(32)41-44-43-40(45(37)41)28-17-15-27(16-18-28)31-12-8-13-34-33-10-6-7-14-38(33)46-39(31)34/h4-25H,1-3H3. The molecular formula is C42H31N3S. The van der Waals surface area contributed by atoms with Gasteiger partial charge in [0.1, 0.15) is 0 Å². The molecule has 9 rings (SSSR count). The second-order valence-corrected chi connectivity index (χ2v) is 14.2. The highest BCUT2D eigenvalue weighted by atomic mass is 32.1. The lowest BCUT2D eigenvalue weighted by atomic mass is 9.86. The Bertz CT molecular complexity index is 2600. The zero-order valence-corrected chi connectivity index (χ0v) is 26.8. The van der Waals surface area contributed by atoms with Crippen molar-refractivity contribution in [1.29, 1.82) is 0 Å². The third kappa shape index (κ3) is 4.18. The highest BCUT2D eigenvalue weighted by Gasteiger charge is 2.18. The van der Waals surface area contributed by atoms with Gasteiger partial charge in [-0.2, -0.15) is 0 Å². The topological polar surface area (TPSA) is 30.2 Å². The largest absolute Gasteiger partial charge is 0.274 e. The molecule has 220 valence electrons. The molecular weight excluding hydrogens is 579 g/mol. The summed E-state index contributed by atoms with van der Waals surface area (Å²) in [5, 5.41) is 15.6. The minimum Gasteiger partial charge on any atom is -0.274 e. The van der Waals surface area contributed by atoms with E-state index in [0.29, 0.717) is 0 Å². The third-order valence-corrected chi connectivity index (χ3v) is 10.5. The lowest BCUT2D eigenvalue weighted by Crippen LogP contribution is -2.10. The SMILES string of the molecule is CC(C)(C)c1ccc(-c2ccc3c(c2)c2ccccc2c2nnc(-c4ccc(-c5cccc6c5sc5ccccc56)cc4)n32)cc1. The number of fused-ring (bicyclic) bond motifs is 9. The van der Waals surface area contributed by atoms with Crippen molar-refractivity contribution in [2.45, 2.75) is 26.2 Å². The zero-order chi connectivity index (χ0) is 31.0. The van der Waals surface area contributed by atoms with E-state index in [1.807, 2.05) is 11.3 Å². The van der Waals surface area contributed by atoms with E-state index in [2.05, 4.69) is 159 Å². The highest BCUT2D eigenvalue weighted by molar-refractivity contribution is 7.26. The Morgan fingerprint density at radius 3 is 1.96 bits per heavy atom. The number of thiophene rings is 1. The first-order valence-electron chi connectivity index (χ1n) is 15.8. The summed E-state index contributed by atoms with van der Waals surface area (Å²) >= 11 is 1.86. The fourth-order valence-electron chi connectivity index (χ4n) is 6.85. The van der Waals surface area contributed by atoms with Gasteiger partial charge in [-0.3, -0.25) is 4.40 Å². The van der Waals surface area contributed by atoms with Crippen LogP contribution < -0.4 is 0 Å². The van der Waals surface area contributed by atoms with Gasteiger partial charge in [0.25, 0.3) is 0 Å². The summed E-state index contributed by atoms with van der Waals surface area (Å²) in [6.07, 6.45) is 0. The molecule has 6 aromatic carbocycles. The van der Waals surface area contributed by atoms with E-state index in [1.54, 1.807) is 0 Å². The second-order valence-electron chi connectivity index (χ2n) is 13.1. The molecule has 0 N–H and O–H groups in total. The third-order valence-electron chi connectivity index (χ3n) is 9.30. The van der Waals surface area contributed by atoms with Crippen LogP contribution in [-0.4, -0.2) is 14.6 Å². The number of nitrogens with zero attached hydrogens (tertiary/aromatic N) is 3. The van der Waals surface area contributed by atoms with Crippen LogP contribution in [-0.2, 0) is 5.41 Å². The molecule has 0 aliphatic rings. The van der Waals surface area contributed by atoms with Gasteiger partial charge in [-0.1, -0.05) is 136 Å². The number of rotatable bonds is 3. The Kier molecular flexibility index (Phi) is 5.93. The van der Waals surface area contributed by atoms with Gasteiger partial charge in [0.05, 0.1) is 5.52 Å². The molecule has 0 amide bonds. The van der Waals surface area contributed by atoms with E-state index >= 15 is 0 Å². The molecule has 0 bridgehead atoms. The average molecular weight is 610 g/mol. The van der Waals surface area contributed by atoms with Crippen molar-refractivity contribution in [3.05, 3.63) is 139 Å². The van der Waals surface area contributed by atoms with Crippen LogP contribution >= 0.6 is 11.3 Å². The summed E-state index contributed by atoms with van der Waals surface area (Å²) in [7, 11) is 0. The van der Waals surface area contributed by atoms with Crippen molar-refractivity contribution >= 4 is 58.8 Å². The minimum atomic E-state index is 0.124. The molecule has 0 saturated heterocycles. The van der Waals surface area contributed by atoms with Gasteiger partial charge in [0.2, 0.25) is 0 Å². The van der Waals surface area contributed by atoms with Crippen molar-refractivity contribution in [3.63, 3.8) is 0 Å². The molecule has 0 fully saturated rings. The maximum absolute atomic E-state index is 4.78. The van der Waals surface area contributed by atoms with Crippen molar-refractivity contribution in [3.8, 4) is 33.6 Å². The summed E-state index contributed by atoms with van der Waals surface area (Å²) in [6.45, 7) is 6.77. The van der Waals surface area contributed by atoms with Gasteiger partial charge in [-0.25, -0.2) is 0 Å². The van der Waals surface area contributed by atoms with Crippen molar-refractivity contribution < 1.29 is 0 Å². The normalized spacial score (nSPS) is 12.2. The maximum Gasteiger partial charge on any atom is 0.169 e. The van der Waals surface area contributed by atoms with Crippen LogP contribution in [0.1, 0.15) is 26.3 Å². The Hall–Kier alpha value is -5.32. The van der Waals surface area contributed by atoms with E-state index in [0.717, 1.165) is 27.9 Å². The average Bonchev–Trinajstić information content (AvgIpc) is 3.71. The quantitative estimate of drug-likeness (QED) is 0.187. The fraction of sp³-hybridized carbons (Fsp3) is 0.0952. The summed E-state index contributed by atoms with van der Waals surface area (Å²) in [6, 6.07) is 48.4. The van der Waals surface area contributed by atoms with Crippen molar-refractivity contribution in [2.75, 3.05) is 0 Å². The van der Waals surface area contributed by atoms with E-state index in [-0.39, 0.29) is 5.41 Å². The Morgan fingerprint density at radius 1 is 0.522 bits per heavy atom. The number of pyridine rings is 1. The summed E-state index contributed by atoms with van der Waals surface area (Å²) < 4.78 is 4.87. The van der Waals surface area contributed by atoms with Gasteiger partial charge in [0.15, 0.2) is 11.5 Å².